The molecule has 1 aliphatic carbocycles. The van der Waals surface area contributed by atoms with Gasteiger partial charge in [-0.3, -0.25) is 4.79 Å². The summed E-state index contributed by atoms with van der Waals surface area (Å²) in [5, 5.41) is 5.94. The molecule has 1 saturated carbocycles. The van der Waals surface area contributed by atoms with Crippen LogP contribution in [0.4, 0.5) is 9.18 Å². The van der Waals surface area contributed by atoms with E-state index < -0.39 is 23.1 Å². The van der Waals surface area contributed by atoms with Gasteiger partial charge in [0.05, 0.1) is 19.1 Å². The molecule has 0 unspecified atom stereocenters. The van der Waals surface area contributed by atoms with Crippen molar-refractivity contribution >= 4 is 12.0 Å². The molecule has 6 nitrogen and oxygen atoms in total. The Labute approximate surface area is 172 Å². The van der Waals surface area contributed by atoms with E-state index in [0.717, 1.165) is 38.5 Å². The Kier molecular flexibility index (Phi) is 7.88. The predicted octanol–water partition coefficient (Wildman–Crippen LogP) is 4.11. The monoisotopic (exact) mass is 408 g/mol. The smallest absolute Gasteiger partial charge is 0.408 e. The zero-order chi connectivity index (χ0) is 21.5. The van der Waals surface area contributed by atoms with Crippen molar-refractivity contribution in [2.45, 2.75) is 76.9 Å². The normalized spacial score (nSPS) is 16.4. The van der Waals surface area contributed by atoms with Crippen LogP contribution in [-0.2, 0) is 16.0 Å². The Morgan fingerprint density at radius 1 is 1.14 bits per heavy atom. The Balaban J connectivity index is 2.00. The number of amides is 2. The van der Waals surface area contributed by atoms with E-state index in [1.165, 1.54) is 19.2 Å². The molecule has 2 amide bonds. The van der Waals surface area contributed by atoms with E-state index in [4.69, 9.17) is 9.47 Å². The lowest BCUT2D eigenvalue weighted by Crippen LogP contribution is -2.56. The third-order valence-electron chi connectivity index (χ3n) is 5.03. The number of halogens is 1. The molecule has 2 N–H and O–H groups in total. The van der Waals surface area contributed by atoms with E-state index in [2.05, 4.69) is 10.6 Å². The Morgan fingerprint density at radius 2 is 1.79 bits per heavy atom. The minimum atomic E-state index is -0.586. The quantitative estimate of drug-likeness (QED) is 0.695. The van der Waals surface area contributed by atoms with Gasteiger partial charge in [-0.1, -0.05) is 31.7 Å². The molecule has 29 heavy (non-hydrogen) atoms. The average Bonchev–Trinajstić information content (AvgIpc) is 2.84. The molecule has 0 aromatic heterocycles. The zero-order valence-electron chi connectivity index (χ0n) is 17.9. The van der Waals surface area contributed by atoms with Crippen molar-refractivity contribution in [3.8, 4) is 5.75 Å². The van der Waals surface area contributed by atoms with Crippen molar-refractivity contribution in [3.05, 3.63) is 29.6 Å². The summed E-state index contributed by atoms with van der Waals surface area (Å²) in [5.41, 5.74) is -0.548. The van der Waals surface area contributed by atoms with Gasteiger partial charge in [0.1, 0.15) is 5.60 Å². The fourth-order valence-electron chi connectivity index (χ4n) is 3.61. The minimum absolute atomic E-state index is 0.0590. The Hall–Kier alpha value is -2.31. The van der Waals surface area contributed by atoms with Crippen molar-refractivity contribution < 1.29 is 23.5 Å². The highest BCUT2D eigenvalue weighted by Gasteiger charge is 2.34. The summed E-state index contributed by atoms with van der Waals surface area (Å²) in [7, 11) is 1.40. The Morgan fingerprint density at radius 3 is 2.34 bits per heavy atom. The minimum Gasteiger partial charge on any atom is -0.494 e. The second kappa shape index (κ2) is 9.94. The molecule has 0 spiro atoms. The van der Waals surface area contributed by atoms with Crippen molar-refractivity contribution in [1.29, 1.82) is 0 Å². The lowest BCUT2D eigenvalue weighted by molar-refractivity contribution is -0.120. The third-order valence-corrected chi connectivity index (χ3v) is 5.03. The molecular weight excluding hydrogens is 375 g/mol. The van der Waals surface area contributed by atoms with E-state index >= 15 is 0 Å². The largest absolute Gasteiger partial charge is 0.494 e. The first kappa shape index (κ1) is 23.0. The van der Waals surface area contributed by atoms with Crippen molar-refractivity contribution in [2.75, 3.05) is 13.7 Å². The van der Waals surface area contributed by atoms with E-state index in [-0.39, 0.29) is 18.1 Å². The number of benzene rings is 1. The van der Waals surface area contributed by atoms with E-state index in [1.807, 2.05) is 20.8 Å². The Bertz CT molecular complexity index is 707. The number of ether oxygens (including phenoxy) is 2. The number of rotatable bonds is 6. The van der Waals surface area contributed by atoms with Gasteiger partial charge in [0.2, 0.25) is 5.91 Å². The van der Waals surface area contributed by atoms with Gasteiger partial charge in [-0.2, -0.15) is 0 Å². The van der Waals surface area contributed by atoms with E-state index in [9.17, 15) is 14.0 Å². The number of hydrogen-bond acceptors (Lipinski definition) is 4. The SMILES string of the molecule is COc1ccc(CC(=O)NCC2(NC(=O)OC(C)(C)C)CCCCCC2)cc1F. The lowest BCUT2D eigenvalue weighted by Gasteiger charge is -2.35. The van der Waals surface area contributed by atoms with E-state index in [1.54, 1.807) is 6.07 Å². The maximum Gasteiger partial charge on any atom is 0.408 e. The fraction of sp³-hybridized carbons (Fsp3) is 0.636. The first-order valence-corrected chi connectivity index (χ1v) is 10.2. The number of methoxy groups -OCH3 is 1. The first-order valence-electron chi connectivity index (χ1n) is 10.2. The number of hydrogen-bond donors (Lipinski definition) is 2. The van der Waals surface area contributed by atoms with Gasteiger partial charge in [-0.15, -0.1) is 0 Å². The lowest BCUT2D eigenvalue weighted by atomic mass is 9.90. The molecule has 2 rings (SSSR count). The highest BCUT2D eigenvalue weighted by molar-refractivity contribution is 5.79. The van der Waals surface area contributed by atoms with Gasteiger partial charge in [0, 0.05) is 6.54 Å². The molecule has 162 valence electrons. The molecular formula is C22H33FN2O4. The molecule has 0 bridgehead atoms. The van der Waals surface area contributed by atoms with Crippen molar-refractivity contribution in [1.82, 2.24) is 10.6 Å². The molecule has 0 radical (unpaired) electrons. The number of nitrogens with one attached hydrogen (secondary N) is 2. The van der Waals surface area contributed by atoms with Gasteiger partial charge in [-0.05, 0) is 51.3 Å². The van der Waals surface area contributed by atoms with Crippen LogP contribution in [0, 0.1) is 5.82 Å². The highest BCUT2D eigenvalue weighted by atomic mass is 19.1. The average molecular weight is 409 g/mol. The summed E-state index contributed by atoms with van der Waals surface area (Å²) < 4.78 is 24.2. The molecule has 7 heteroatoms. The van der Waals surface area contributed by atoms with Crippen LogP contribution in [0.1, 0.15) is 64.9 Å². The van der Waals surface area contributed by atoms with Crippen LogP contribution in [0.15, 0.2) is 18.2 Å². The number of alkyl carbamates (subject to hydrolysis) is 1. The molecule has 1 aromatic rings. The maximum absolute atomic E-state index is 13.8. The van der Waals surface area contributed by atoms with Crippen molar-refractivity contribution in [2.24, 2.45) is 0 Å². The zero-order valence-corrected chi connectivity index (χ0v) is 17.9. The topological polar surface area (TPSA) is 76.7 Å². The predicted molar refractivity (Wildman–Crippen MR) is 109 cm³/mol. The van der Waals surface area contributed by atoms with Crippen LogP contribution in [0.3, 0.4) is 0 Å². The van der Waals surface area contributed by atoms with Gasteiger partial charge < -0.3 is 20.1 Å². The second-order valence-electron chi connectivity index (χ2n) is 8.74. The van der Waals surface area contributed by atoms with Crippen LogP contribution >= 0.6 is 0 Å². The third kappa shape index (κ3) is 7.55. The number of carbonyl (C=O) groups excluding carboxylic acids is 2. The van der Waals surface area contributed by atoms with Crippen LogP contribution in [0.25, 0.3) is 0 Å². The van der Waals surface area contributed by atoms with Crippen LogP contribution in [0.2, 0.25) is 0 Å². The maximum atomic E-state index is 13.8. The molecule has 0 heterocycles. The summed E-state index contributed by atoms with van der Waals surface area (Å²) in [6.45, 7) is 5.79. The molecule has 0 aliphatic heterocycles. The fourth-order valence-corrected chi connectivity index (χ4v) is 3.61. The van der Waals surface area contributed by atoms with Crippen LogP contribution in [-0.4, -0.2) is 36.8 Å². The number of carbonyl (C=O) groups is 2. The molecule has 1 aromatic carbocycles. The highest BCUT2D eigenvalue weighted by Crippen LogP contribution is 2.27. The molecule has 1 aliphatic rings. The molecule has 0 atom stereocenters. The summed E-state index contributed by atoms with van der Waals surface area (Å²) in [6.07, 6.45) is 5.33. The summed E-state index contributed by atoms with van der Waals surface area (Å²) in [4.78, 5) is 24.8. The second-order valence-corrected chi connectivity index (χ2v) is 8.74. The molecule has 0 saturated heterocycles. The standard InChI is InChI=1S/C22H33FN2O4/c1-21(2,3)29-20(27)25-22(11-7-5-6-8-12-22)15-24-19(26)14-16-9-10-18(28-4)17(23)13-16/h9-10,13H,5-8,11-12,14-15H2,1-4H3,(H,24,26)(H,25,27). The molecule has 1 fully saturated rings. The van der Waals surface area contributed by atoms with Crippen LogP contribution < -0.4 is 15.4 Å². The van der Waals surface area contributed by atoms with Gasteiger partial charge in [-0.25, -0.2) is 9.18 Å². The van der Waals surface area contributed by atoms with Gasteiger partial charge in [0.25, 0.3) is 0 Å². The summed E-state index contributed by atoms with van der Waals surface area (Å²) >= 11 is 0. The van der Waals surface area contributed by atoms with Crippen LogP contribution in [0.5, 0.6) is 5.75 Å². The summed E-state index contributed by atoms with van der Waals surface area (Å²) in [6, 6.07) is 4.48. The van der Waals surface area contributed by atoms with E-state index in [0.29, 0.717) is 12.1 Å². The summed E-state index contributed by atoms with van der Waals surface area (Å²) in [5.74, 6) is -0.568. The van der Waals surface area contributed by atoms with Gasteiger partial charge in [0.15, 0.2) is 11.6 Å². The van der Waals surface area contributed by atoms with Crippen molar-refractivity contribution in [3.63, 3.8) is 0 Å². The van der Waals surface area contributed by atoms with Gasteiger partial charge >= 0.3 is 6.09 Å². The first-order chi connectivity index (χ1) is 13.6.